The summed E-state index contributed by atoms with van der Waals surface area (Å²) in [7, 11) is 1.79. The summed E-state index contributed by atoms with van der Waals surface area (Å²) in [5, 5.41) is 2.73. The number of nitrogens with zero attached hydrogens (tertiary/aromatic N) is 2. The first kappa shape index (κ1) is 19.0. The van der Waals surface area contributed by atoms with Gasteiger partial charge < -0.3 is 15.0 Å². The van der Waals surface area contributed by atoms with Crippen LogP contribution in [0.4, 0.5) is 5.69 Å². The summed E-state index contributed by atoms with van der Waals surface area (Å²) in [6.45, 7) is 3.34. The van der Waals surface area contributed by atoms with Gasteiger partial charge in [0.2, 0.25) is 0 Å². The number of nitrogens with one attached hydrogen (secondary N) is 1. The summed E-state index contributed by atoms with van der Waals surface area (Å²) in [5.74, 6) is -0.108. The first-order chi connectivity index (χ1) is 13.6. The maximum Gasteiger partial charge on any atom is 0.253 e. The van der Waals surface area contributed by atoms with Gasteiger partial charge in [0.25, 0.3) is 11.8 Å². The lowest BCUT2D eigenvalue weighted by Crippen LogP contribution is -2.48. The summed E-state index contributed by atoms with van der Waals surface area (Å²) < 4.78 is 5.38. The van der Waals surface area contributed by atoms with E-state index < -0.39 is 0 Å². The molecule has 2 aliphatic heterocycles. The van der Waals surface area contributed by atoms with Gasteiger partial charge in [0.05, 0.1) is 18.9 Å². The second-order valence-electron chi connectivity index (χ2n) is 6.97. The zero-order chi connectivity index (χ0) is 19.5. The number of carbonyl (C=O) groups is 2. The molecule has 6 nitrogen and oxygen atoms in total. The summed E-state index contributed by atoms with van der Waals surface area (Å²) in [6, 6.07) is 15.4. The fourth-order valence-electron chi connectivity index (χ4n) is 3.43. The second-order valence-corrected chi connectivity index (χ2v) is 8.09. The molecule has 1 atom stereocenters. The molecule has 1 saturated heterocycles. The van der Waals surface area contributed by atoms with Crippen LogP contribution in [0.1, 0.15) is 15.9 Å². The summed E-state index contributed by atoms with van der Waals surface area (Å²) >= 11 is 1.54. The van der Waals surface area contributed by atoms with Gasteiger partial charge in [-0.2, -0.15) is 0 Å². The van der Waals surface area contributed by atoms with E-state index in [0.29, 0.717) is 31.0 Å². The van der Waals surface area contributed by atoms with Gasteiger partial charge in [-0.3, -0.25) is 14.5 Å². The SMILES string of the molecule is CN(Cc1ccccc1)C(=O)c1ccc2c(c1)NC(=O)[C@H](N1CCOCC1)S2. The first-order valence-corrected chi connectivity index (χ1v) is 10.2. The Labute approximate surface area is 168 Å². The van der Waals surface area contributed by atoms with Crippen molar-refractivity contribution in [1.82, 2.24) is 9.80 Å². The number of ether oxygens (including phenoxy) is 1. The number of hydrogen-bond donors (Lipinski definition) is 1. The number of anilines is 1. The molecule has 4 rings (SSSR count). The van der Waals surface area contributed by atoms with Crippen molar-refractivity contribution < 1.29 is 14.3 Å². The highest BCUT2D eigenvalue weighted by Gasteiger charge is 2.33. The van der Waals surface area contributed by atoms with Crippen LogP contribution >= 0.6 is 11.8 Å². The molecule has 2 heterocycles. The molecule has 2 aromatic carbocycles. The standard InChI is InChI=1S/C21H23N3O3S/c1-23(14-15-5-3-2-4-6-15)20(26)16-7-8-18-17(13-16)22-19(25)21(28-18)24-9-11-27-12-10-24/h2-8,13,21H,9-12,14H2,1H3,(H,22,25)/t21-/m1/s1. The molecule has 0 aliphatic carbocycles. The van der Waals surface area contributed by atoms with Crippen molar-refractivity contribution >= 4 is 29.3 Å². The molecule has 146 valence electrons. The van der Waals surface area contributed by atoms with E-state index in [1.165, 1.54) is 11.8 Å². The van der Waals surface area contributed by atoms with Crippen LogP contribution in [0, 0.1) is 0 Å². The Balaban J connectivity index is 1.47. The smallest absolute Gasteiger partial charge is 0.253 e. The summed E-state index contributed by atoms with van der Waals surface area (Å²) in [4.78, 5) is 30.2. The number of thioether (sulfide) groups is 1. The average Bonchev–Trinajstić information content (AvgIpc) is 2.73. The molecule has 2 amide bonds. The van der Waals surface area contributed by atoms with Gasteiger partial charge in [-0.1, -0.05) is 42.1 Å². The third-order valence-electron chi connectivity index (χ3n) is 4.93. The molecule has 28 heavy (non-hydrogen) atoms. The highest BCUT2D eigenvalue weighted by atomic mass is 32.2. The molecule has 0 saturated carbocycles. The molecular formula is C21H23N3O3S. The number of rotatable bonds is 4. The second kappa shape index (κ2) is 8.34. The van der Waals surface area contributed by atoms with Crippen LogP contribution in [0.2, 0.25) is 0 Å². The minimum atomic E-state index is -0.251. The number of morpholine rings is 1. The average molecular weight is 398 g/mol. The fourth-order valence-corrected chi connectivity index (χ4v) is 4.58. The zero-order valence-electron chi connectivity index (χ0n) is 15.8. The van der Waals surface area contributed by atoms with E-state index in [1.54, 1.807) is 18.0 Å². The van der Waals surface area contributed by atoms with Crippen LogP contribution in [-0.4, -0.2) is 60.3 Å². The molecule has 2 aliphatic rings. The fraction of sp³-hybridized carbons (Fsp3) is 0.333. The molecular weight excluding hydrogens is 374 g/mol. The Bertz CT molecular complexity index is 868. The Hall–Kier alpha value is -2.35. The van der Waals surface area contributed by atoms with Crippen LogP contribution < -0.4 is 5.32 Å². The number of hydrogen-bond acceptors (Lipinski definition) is 5. The van der Waals surface area contributed by atoms with Crippen molar-refractivity contribution in [2.45, 2.75) is 16.8 Å². The highest BCUT2D eigenvalue weighted by molar-refractivity contribution is 8.00. The van der Waals surface area contributed by atoms with E-state index in [-0.39, 0.29) is 17.2 Å². The van der Waals surface area contributed by atoms with Crippen LogP contribution in [-0.2, 0) is 16.1 Å². The third-order valence-corrected chi connectivity index (χ3v) is 6.28. The summed E-state index contributed by atoms with van der Waals surface area (Å²) in [6.07, 6.45) is 0. The maximum atomic E-state index is 12.8. The zero-order valence-corrected chi connectivity index (χ0v) is 16.6. The Morgan fingerprint density at radius 1 is 1.21 bits per heavy atom. The van der Waals surface area contributed by atoms with E-state index in [1.807, 2.05) is 42.5 Å². The molecule has 1 fully saturated rings. The van der Waals surface area contributed by atoms with Crippen LogP contribution in [0.25, 0.3) is 0 Å². The van der Waals surface area contributed by atoms with E-state index in [4.69, 9.17) is 4.74 Å². The molecule has 0 bridgehead atoms. The normalized spacial score (nSPS) is 19.6. The van der Waals surface area contributed by atoms with Gasteiger partial charge in [0.15, 0.2) is 0 Å². The van der Waals surface area contributed by atoms with E-state index >= 15 is 0 Å². The predicted octanol–water partition coefficient (Wildman–Crippen LogP) is 2.66. The third kappa shape index (κ3) is 4.06. The van der Waals surface area contributed by atoms with Crippen LogP contribution in [0.15, 0.2) is 53.4 Å². The van der Waals surface area contributed by atoms with Crippen molar-refractivity contribution in [1.29, 1.82) is 0 Å². The molecule has 0 aromatic heterocycles. The van der Waals surface area contributed by atoms with Gasteiger partial charge >= 0.3 is 0 Å². The van der Waals surface area contributed by atoms with Crippen LogP contribution in [0.5, 0.6) is 0 Å². The molecule has 7 heteroatoms. The molecule has 0 radical (unpaired) electrons. The number of fused-ring (bicyclic) bond motifs is 1. The number of amides is 2. The van der Waals surface area contributed by atoms with Crippen molar-refractivity contribution in [2.75, 3.05) is 38.7 Å². The summed E-state index contributed by atoms with van der Waals surface area (Å²) in [5.41, 5.74) is 2.36. The maximum absolute atomic E-state index is 12.8. The van der Waals surface area contributed by atoms with E-state index in [0.717, 1.165) is 23.5 Å². The molecule has 2 aromatic rings. The van der Waals surface area contributed by atoms with Crippen LogP contribution in [0.3, 0.4) is 0 Å². The van der Waals surface area contributed by atoms with Crippen molar-refractivity contribution in [3.05, 3.63) is 59.7 Å². The first-order valence-electron chi connectivity index (χ1n) is 9.34. The minimum Gasteiger partial charge on any atom is -0.379 e. The number of benzene rings is 2. The molecule has 0 spiro atoms. The Kier molecular flexibility index (Phi) is 5.66. The van der Waals surface area contributed by atoms with Crippen molar-refractivity contribution in [3.63, 3.8) is 0 Å². The Morgan fingerprint density at radius 3 is 2.71 bits per heavy atom. The van der Waals surface area contributed by atoms with E-state index in [2.05, 4.69) is 10.2 Å². The minimum absolute atomic E-state index is 0.0401. The quantitative estimate of drug-likeness (QED) is 0.860. The van der Waals surface area contributed by atoms with Crippen molar-refractivity contribution in [3.8, 4) is 0 Å². The predicted molar refractivity (Wildman–Crippen MR) is 109 cm³/mol. The van der Waals surface area contributed by atoms with Gasteiger partial charge in [0, 0.05) is 37.1 Å². The molecule has 0 unspecified atom stereocenters. The largest absolute Gasteiger partial charge is 0.379 e. The Morgan fingerprint density at radius 2 is 1.96 bits per heavy atom. The molecule has 1 N–H and O–H groups in total. The van der Waals surface area contributed by atoms with E-state index in [9.17, 15) is 9.59 Å². The monoisotopic (exact) mass is 397 g/mol. The van der Waals surface area contributed by atoms with Gasteiger partial charge in [0.1, 0.15) is 5.37 Å². The van der Waals surface area contributed by atoms with Gasteiger partial charge in [-0.25, -0.2) is 0 Å². The van der Waals surface area contributed by atoms with Crippen molar-refractivity contribution in [2.24, 2.45) is 0 Å². The number of carbonyl (C=O) groups excluding carboxylic acids is 2. The van der Waals surface area contributed by atoms with Gasteiger partial charge in [-0.05, 0) is 23.8 Å². The highest BCUT2D eigenvalue weighted by Crippen LogP contribution is 2.38. The van der Waals surface area contributed by atoms with Gasteiger partial charge in [-0.15, -0.1) is 0 Å². The topological polar surface area (TPSA) is 61.9 Å². The lowest BCUT2D eigenvalue weighted by Gasteiger charge is -2.35. The lowest BCUT2D eigenvalue weighted by molar-refractivity contribution is -0.119. The lowest BCUT2D eigenvalue weighted by atomic mass is 10.1.